The predicted molar refractivity (Wildman–Crippen MR) is 94.9 cm³/mol. The molecule has 1 aliphatic carbocycles. The van der Waals surface area contributed by atoms with Crippen LogP contribution in [0.2, 0.25) is 0 Å². The molecule has 23 heavy (non-hydrogen) atoms. The van der Waals surface area contributed by atoms with Gasteiger partial charge in [-0.05, 0) is 37.5 Å². The molecule has 2 aromatic rings. The highest BCUT2D eigenvalue weighted by atomic mass is 79.9. The first-order chi connectivity index (χ1) is 11.0. The number of nitrogens with one attached hydrogen (secondary N) is 1. The zero-order chi connectivity index (χ0) is 16.6. The minimum atomic E-state index is -0.432. The van der Waals surface area contributed by atoms with Gasteiger partial charge in [0.15, 0.2) is 0 Å². The van der Waals surface area contributed by atoms with Gasteiger partial charge in [0.2, 0.25) is 5.91 Å². The van der Waals surface area contributed by atoms with Crippen molar-refractivity contribution in [2.24, 2.45) is 5.92 Å². The molecule has 0 saturated heterocycles. The van der Waals surface area contributed by atoms with E-state index in [2.05, 4.69) is 21.2 Å². The fraction of sp³-hybridized carbons (Fsp3) is 0.294. The van der Waals surface area contributed by atoms with Gasteiger partial charge >= 0.3 is 5.97 Å². The van der Waals surface area contributed by atoms with E-state index in [1.165, 1.54) is 18.4 Å². The van der Waals surface area contributed by atoms with Crippen LogP contribution in [0, 0.1) is 12.8 Å². The molecular weight excluding hydrogens is 378 g/mol. The molecule has 1 saturated carbocycles. The van der Waals surface area contributed by atoms with Crippen molar-refractivity contribution < 1.29 is 14.3 Å². The van der Waals surface area contributed by atoms with Gasteiger partial charge in [0.25, 0.3) is 0 Å². The average Bonchev–Trinajstić information content (AvgIpc) is 3.33. The number of hydrogen-bond acceptors (Lipinski definition) is 4. The van der Waals surface area contributed by atoms with Crippen LogP contribution in [-0.2, 0) is 9.53 Å². The Balaban J connectivity index is 2.06. The summed E-state index contributed by atoms with van der Waals surface area (Å²) in [4.78, 5) is 25.3. The van der Waals surface area contributed by atoms with Crippen molar-refractivity contribution in [3.63, 3.8) is 0 Å². The van der Waals surface area contributed by atoms with E-state index < -0.39 is 5.97 Å². The molecule has 0 bridgehead atoms. The van der Waals surface area contributed by atoms with Crippen LogP contribution in [-0.4, -0.2) is 19.0 Å². The van der Waals surface area contributed by atoms with Crippen molar-refractivity contribution in [3.8, 4) is 11.1 Å². The highest BCUT2D eigenvalue weighted by Crippen LogP contribution is 2.41. The molecule has 1 aromatic carbocycles. The van der Waals surface area contributed by atoms with Crippen LogP contribution in [0.5, 0.6) is 0 Å². The zero-order valence-electron chi connectivity index (χ0n) is 12.8. The van der Waals surface area contributed by atoms with Crippen molar-refractivity contribution in [1.82, 2.24) is 0 Å². The van der Waals surface area contributed by atoms with Gasteiger partial charge in [0.05, 0.1) is 7.11 Å². The second-order valence-corrected chi connectivity index (χ2v) is 7.64. The van der Waals surface area contributed by atoms with Crippen molar-refractivity contribution in [2.75, 3.05) is 12.4 Å². The molecule has 120 valence electrons. The summed E-state index contributed by atoms with van der Waals surface area (Å²) < 4.78 is 5.91. The van der Waals surface area contributed by atoms with Crippen LogP contribution in [0.4, 0.5) is 5.00 Å². The quantitative estimate of drug-likeness (QED) is 0.770. The normalized spacial score (nSPS) is 13.7. The van der Waals surface area contributed by atoms with Crippen molar-refractivity contribution in [2.45, 2.75) is 19.8 Å². The highest BCUT2D eigenvalue weighted by molar-refractivity contribution is 9.10. The maximum absolute atomic E-state index is 12.3. The molecular formula is C17H16BrNO3S. The summed E-state index contributed by atoms with van der Waals surface area (Å²) in [6, 6.07) is 7.74. The van der Waals surface area contributed by atoms with Gasteiger partial charge in [-0.1, -0.05) is 28.1 Å². The predicted octanol–water partition coefficient (Wildman–Crippen LogP) is 4.62. The zero-order valence-corrected chi connectivity index (χ0v) is 15.2. The molecule has 1 amide bonds. The lowest BCUT2D eigenvalue weighted by Crippen LogP contribution is -2.15. The number of benzene rings is 1. The lowest BCUT2D eigenvalue weighted by Gasteiger charge is -2.08. The third-order valence-corrected chi connectivity index (χ3v) is 5.34. The Bertz CT molecular complexity index is 763. The summed E-state index contributed by atoms with van der Waals surface area (Å²) in [5.74, 6) is -0.365. The second-order valence-electron chi connectivity index (χ2n) is 5.50. The summed E-state index contributed by atoms with van der Waals surface area (Å²) in [5.41, 5.74) is 2.18. The van der Waals surface area contributed by atoms with Gasteiger partial charge in [-0.2, -0.15) is 0 Å². The molecule has 0 aliphatic heterocycles. The van der Waals surface area contributed by atoms with Crippen LogP contribution in [0.1, 0.15) is 28.1 Å². The van der Waals surface area contributed by atoms with Crippen LogP contribution in [0.3, 0.4) is 0 Å². The Morgan fingerprint density at radius 2 is 1.91 bits per heavy atom. The minimum absolute atomic E-state index is 0.0150. The lowest BCUT2D eigenvalue weighted by atomic mass is 10.0. The lowest BCUT2D eigenvalue weighted by molar-refractivity contribution is -0.117. The molecule has 3 rings (SSSR count). The van der Waals surface area contributed by atoms with Gasteiger partial charge in [-0.15, -0.1) is 11.3 Å². The van der Waals surface area contributed by atoms with Crippen LogP contribution in [0.15, 0.2) is 28.7 Å². The van der Waals surface area contributed by atoms with Gasteiger partial charge in [-0.25, -0.2) is 4.79 Å². The van der Waals surface area contributed by atoms with Crippen molar-refractivity contribution in [1.29, 1.82) is 0 Å². The van der Waals surface area contributed by atoms with E-state index in [4.69, 9.17) is 4.74 Å². The van der Waals surface area contributed by atoms with E-state index in [1.54, 1.807) is 0 Å². The number of methoxy groups -OCH3 is 1. The maximum atomic E-state index is 12.3. The summed E-state index contributed by atoms with van der Waals surface area (Å²) in [6.07, 6.45) is 1.84. The first-order valence-corrected chi connectivity index (χ1v) is 8.90. The van der Waals surface area contributed by atoms with Gasteiger partial charge in [0, 0.05) is 20.8 Å². The smallest absolute Gasteiger partial charge is 0.341 e. The van der Waals surface area contributed by atoms with Crippen LogP contribution >= 0.6 is 27.3 Å². The molecule has 1 N–H and O–H groups in total. The van der Waals surface area contributed by atoms with Gasteiger partial charge in [-0.3, -0.25) is 4.79 Å². The molecule has 4 nitrogen and oxygen atoms in total. The third-order valence-electron chi connectivity index (χ3n) is 3.79. The summed E-state index contributed by atoms with van der Waals surface area (Å²) in [5, 5.41) is 3.47. The topological polar surface area (TPSA) is 55.4 Å². The number of halogens is 1. The Hall–Kier alpha value is -1.66. The number of amides is 1. The molecule has 0 atom stereocenters. The van der Waals surface area contributed by atoms with Crippen LogP contribution < -0.4 is 5.32 Å². The van der Waals surface area contributed by atoms with Crippen molar-refractivity contribution in [3.05, 3.63) is 39.2 Å². The standard InChI is InChI=1S/C17H16BrNO3S/c1-9-13(10-5-7-12(18)8-6-10)14(17(21)22-2)16(23-9)19-15(20)11-3-4-11/h5-8,11H,3-4H2,1-2H3,(H,19,20). The molecule has 1 aliphatic rings. The Morgan fingerprint density at radius 3 is 2.48 bits per heavy atom. The summed E-state index contributed by atoms with van der Waals surface area (Å²) >= 11 is 4.83. The van der Waals surface area contributed by atoms with Crippen molar-refractivity contribution >= 4 is 44.1 Å². The molecule has 1 fully saturated rings. The molecule has 6 heteroatoms. The minimum Gasteiger partial charge on any atom is -0.465 e. The number of rotatable bonds is 4. The fourth-order valence-electron chi connectivity index (χ4n) is 2.45. The van der Waals surface area contributed by atoms with Gasteiger partial charge in [0.1, 0.15) is 10.6 Å². The number of anilines is 1. The first kappa shape index (κ1) is 16.2. The van der Waals surface area contributed by atoms with E-state index in [-0.39, 0.29) is 11.8 Å². The summed E-state index contributed by atoms with van der Waals surface area (Å²) in [7, 11) is 1.35. The van der Waals surface area contributed by atoms with E-state index in [0.29, 0.717) is 10.6 Å². The number of aryl methyl sites for hydroxylation is 1. The monoisotopic (exact) mass is 393 g/mol. The maximum Gasteiger partial charge on any atom is 0.341 e. The second kappa shape index (κ2) is 6.45. The number of carbonyl (C=O) groups excluding carboxylic acids is 2. The number of carbonyl (C=O) groups is 2. The van der Waals surface area contributed by atoms with Crippen LogP contribution in [0.25, 0.3) is 11.1 Å². The van der Waals surface area contributed by atoms with E-state index in [1.807, 2.05) is 31.2 Å². The Labute approximate surface area is 147 Å². The molecule has 0 unspecified atom stereocenters. The molecule has 0 spiro atoms. The highest BCUT2D eigenvalue weighted by Gasteiger charge is 2.32. The number of thiophene rings is 1. The molecule has 0 radical (unpaired) electrons. The third kappa shape index (κ3) is 3.33. The van der Waals surface area contributed by atoms with Gasteiger partial charge < -0.3 is 10.1 Å². The van der Waals surface area contributed by atoms with E-state index >= 15 is 0 Å². The Morgan fingerprint density at radius 1 is 1.26 bits per heavy atom. The Kier molecular flexibility index (Phi) is 4.55. The average molecular weight is 394 g/mol. The SMILES string of the molecule is COC(=O)c1c(NC(=O)C2CC2)sc(C)c1-c1ccc(Br)cc1. The molecule has 1 aromatic heterocycles. The number of ether oxygens (including phenoxy) is 1. The van der Waals surface area contributed by atoms with E-state index in [0.717, 1.165) is 33.3 Å². The van der Waals surface area contributed by atoms with E-state index in [9.17, 15) is 9.59 Å². The molecule has 1 heterocycles. The summed E-state index contributed by atoms with van der Waals surface area (Å²) in [6.45, 7) is 1.95. The number of esters is 1. The first-order valence-electron chi connectivity index (χ1n) is 7.29. The fourth-order valence-corrected chi connectivity index (χ4v) is 3.78. The largest absolute Gasteiger partial charge is 0.465 e. The number of hydrogen-bond donors (Lipinski definition) is 1.